The van der Waals surface area contributed by atoms with Crippen LogP contribution >= 0.6 is 12.2 Å². The minimum atomic E-state index is 0.336. The van der Waals surface area contributed by atoms with Gasteiger partial charge in [-0.05, 0) is 29.7 Å². The van der Waals surface area contributed by atoms with Crippen LogP contribution in [0.5, 0.6) is 11.6 Å². The van der Waals surface area contributed by atoms with Crippen LogP contribution in [0.25, 0.3) is 0 Å². The van der Waals surface area contributed by atoms with E-state index in [4.69, 9.17) is 22.7 Å². The highest BCUT2D eigenvalue weighted by atomic mass is 32.1. The number of nitrogens with two attached hydrogens (primary N) is 1. The predicted octanol–water partition coefficient (Wildman–Crippen LogP) is 3.63. The van der Waals surface area contributed by atoms with E-state index in [1.54, 1.807) is 18.3 Å². The van der Waals surface area contributed by atoms with Crippen molar-refractivity contribution in [3.8, 4) is 11.6 Å². The van der Waals surface area contributed by atoms with E-state index in [9.17, 15) is 0 Å². The van der Waals surface area contributed by atoms with Gasteiger partial charge in [0.05, 0.1) is 0 Å². The topological polar surface area (TPSA) is 48.1 Å². The Kier molecular flexibility index (Phi) is 4.12. The molecule has 0 aliphatic heterocycles. The molecule has 0 radical (unpaired) electrons. The van der Waals surface area contributed by atoms with Gasteiger partial charge in [0.2, 0.25) is 5.88 Å². The first kappa shape index (κ1) is 13.5. The number of thiocarbonyl (C=S) groups is 1. The van der Waals surface area contributed by atoms with Crippen molar-refractivity contribution in [3.63, 3.8) is 0 Å². The third-order valence-electron chi connectivity index (χ3n) is 2.77. The van der Waals surface area contributed by atoms with Crippen molar-refractivity contribution < 1.29 is 4.74 Å². The lowest BCUT2D eigenvalue weighted by atomic mass is 10.0. The first-order chi connectivity index (χ1) is 9.06. The number of rotatable bonds is 4. The fourth-order valence-electron chi connectivity index (χ4n) is 1.68. The van der Waals surface area contributed by atoms with Crippen LogP contribution in [-0.2, 0) is 0 Å². The number of hydrogen-bond donors (Lipinski definition) is 1. The van der Waals surface area contributed by atoms with E-state index in [0.717, 1.165) is 11.3 Å². The molecule has 0 saturated heterocycles. The quantitative estimate of drug-likeness (QED) is 0.863. The predicted molar refractivity (Wildman–Crippen MR) is 80.7 cm³/mol. The number of benzene rings is 1. The molecular weight excluding hydrogens is 256 g/mol. The van der Waals surface area contributed by atoms with Crippen LogP contribution < -0.4 is 10.5 Å². The van der Waals surface area contributed by atoms with Gasteiger partial charge in [0.15, 0.2) is 0 Å². The van der Waals surface area contributed by atoms with E-state index in [1.165, 1.54) is 5.56 Å². The average Bonchev–Trinajstić information content (AvgIpc) is 2.39. The second-order valence-corrected chi connectivity index (χ2v) is 5.02. The maximum atomic E-state index is 5.73. The largest absolute Gasteiger partial charge is 0.439 e. The molecule has 1 heterocycles. The molecule has 0 spiro atoms. The van der Waals surface area contributed by atoms with Crippen LogP contribution in [0.15, 0.2) is 42.6 Å². The molecule has 2 rings (SSSR count). The Morgan fingerprint density at radius 2 is 2.05 bits per heavy atom. The molecule has 0 atom stereocenters. The molecule has 0 saturated carbocycles. The maximum Gasteiger partial charge on any atom is 0.219 e. The van der Waals surface area contributed by atoms with Gasteiger partial charge in [-0.1, -0.05) is 38.2 Å². The van der Waals surface area contributed by atoms with Crippen LogP contribution in [0, 0.1) is 0 Å². The average molecular weight is 272 g/mol. The van der Waals surface area contributed by atoms with Crippen LogP contribution in [0.1, 0.15) is 30.9 Å². The molecule has 2 N–H and O–H groups in total. The molecule has 0 bridgehead atoms. The minimum Gasteiger partial charge on any atom is -0.439 e. The Balaban J connectivity index is 2.23. The monoisotopic (exact) mass is 272 g/mol. The Hall–Kier alpha value is -1.94. The third-order valence-corrected chi connectivity index (χ3v) is 3.00. The van der Waals surface area contributed by atoms with Gasteiger partial charge in [0, 0.05) is 17.8 Å². The third kappa shape index (κ3) is 3.51. The summed E-state index contributed by atoms with van der Waals surface area (Å²) in [5, 5.41) is 0. The molecule has 1 aromatic heterocycles. The summed E-state index contributed by atoms with van der Waals surface area (Å²) in [6.45, 7) is 4.29. The first-order valence-electron chi connectivity index (χ1n) is 6.10. The molecule has 0 aliphatic rings. The molecule has 1 aromatic carbocycles. The summed E-state index contributed by atoms with van der Waals surface area (Å²) in [6, 6.07) is 11.5. The van der Waals surface area contributed by atoms with Gasteiger partial charge < -0.3 is 10.5 Å². The molecule has 98 valence electrons. The van der Waals surface area contributed by atoms with Gasteiger partial charge in [-0.25, -0.2) is 4.98 Å². The van der Waals surface area contributed by atoms with Gasteiger partial charge >= 0.3 is 0 Å². The SMILES string of the molecule is CC(C)c1cccc(Oc2cc(C(N)=S)ccn2)c1. The zero-order chi connectivity index (χ0) is 13.8. The number of aromatic nitrogens is 1. The molecule has 19 heavy (non-hydrogen) atoms. The smallest absolute Gasteiger partial charge is 0.219 e. The number of ether oxygens (including phenoxy) is 1. The Morgan fingerprint density at radius 3 is 2.74 bits per heavy atom. The summed E-state index contributed by atoms with van der Waals surface area (Å²) >= 11 is 4.94. The van der Waals surface area contributed by atoms with E-state index >= 15 is 0 Å². The summed E-state index contributed by atoms with van der Waals surface area (Å²) in [5.74, 6) is 1.71. The van der Waals surface area contributed by atoms with E-state index in [-0.39, 0.29) is 0 Å². The van der Waals surface area contributed by atoms with Crippen molar-refractivity contribution in [1.29, 1.82) is 0 Å². The van der Waals surface area contributed by atoms with E-state index < -0.39 is 0 Å². The second-order valence-electron chi connectivity index (χ2n) is 4.58. The summed E-state index contributed by atoms with van der Waals surface area (Å²) < 4.78 is 5.73. The lowest BCUT2D eigenvalue weighted by Crippen LogP contribution is -2.09. The highest BCUT2D eigenvalue weighted by Gasteiger charge is 2.04. The van der Waals surface area contributed by atoms with Crippen molar-refractivity contribution in [2.45, 2.75) is 19.8 Å². The fourth-order valence-corrected chi connectivity index (χ4v) is 1.80. The number of nitrogens with zero attached hydrogens (tertiary/aromatic N) is 1. The van der Waals surface area contributed by atoms with E-state index in [0.29, 0.717) is 16.8 Å². The summed E-state index contributed by atoms with van der Waals surface area (Å²) in [5.41, 5.74) is 7.56. The Morgan fingerprint density at radius 1 is 1.26 bits per heavy atom. The molecule has 0 unspecified atom stereocenters. The van der Waals surface area contributed by atoms with Gasteiger partial charge in [-0.2, -0.15) is 0 Å². The second kappa shape index (κ2) is 5.80. The van der Waals surface area contributed by atoms with Crippen LogP contribution in [0.3, 0.4) is 0 Å². The number of pyridine rings is 1. The molecule has 0 amide bonds. The van der Waals surface area contributed by atoms with Crippen LogP contribution in [-0.4, -0.2) is 9.97 Å². The Bertz CT molecular complexity index is 596. The van der Waals surface area contributed by atoms with Crippen molar-refractivity contribution in [3.05, 3.63) is 53.7 Å². The zero-order valence-corrected chi connectivity index (χ0v) is 11.8. The summed E-state index contributed by atoms with van der Waals surface area (Å²) in [4.78, 5) is 4.49. The van der Waals surface area contributed by atoms with E-state index in [2.05, 4.69) is 24.9 Å². The normalized spacial score (nSPS) is 10.5. The van der Waals surface area contributed by atoms with Crippen molar-refractivity contribution >= 4 is 17.2 Å². The van der Waals surface area contributed by atoms with Gasteiger partial charge in [-0.15, -0.1) is 0 Å². The van der Waals surface area contributed by atoms with E-state index in [1.807, 2.05) is 18.2 Å². The molecule has 2 aromatic rings. The lowest BCUT2D eigenvalue weighted by molar-refractivity contribution is 0.462. The lowest BCUT2D eigenvalue weighted by Gasteiger charge is -2.09. The standard InChI is InChI=1S/C15H16N2OS/c1-10(2)11-4-3-5-13(8-11)18-14-9-12(15(16)19)6-7-17-14/h3-10H,1-2H3,(H2,16,19). The van der Waals surface area contributed by atoms with Crippen LogP contribution in [0.2, 0.25) is 0 Å². The van der Waals surface area contributed by atoms with Gasteiger partial charge in [0.25, 0.3) is 0 Å². The minimum absolute atomic E-state index is 0.336. The summed E-state index contributed by atoms with van der Waals surface area (Å²) in [7, 11) is 0. The van der Waals surface area contributed by atoms with Crippen molar-refractivity contribution in [1.82, 2.24) is 4.98 Å². The highest BCUT2D eigenvalue weighted by molar-refractivity contribution is 7.80. The van der Waals surface area contributed by atoms with Crippen LogP contribution in [0.4, 0.5) is 0 Å². The number of hydrogen-bond acceptors (Lipinski definition) is 3. The maximum absolute atomic E-state index is 5.73. The molecule has 0 aliphatic carbocycles. The molecular formula is C15H16N2OS. The fraction of sp³-hybridized carbons (Fsp3) is 0.200. The van der Waals surface area contributed by atoms with Gasteiger partial charge in [0.1, 0.15) is 10.7 Å². The van der Waals surface area contributed by atoms with Crippen molar-refractivity contribution in [2.24, 2.45) is 5.73 Å². The molecule has 4 heteroatoms. The Labute approximate surface area is 118 Å². The van der Waals surface area contributed by atoms with Gasteiger partial charge in [-0.3, -0.25) is 0 Å². The summed E-state index contributed by atoms with van der Waals surface area (Å²) in [6.07, 6.45) is 1.64. The molecule has 3 nitrogen and oxygen atoms in total. The molecule has 0 fully saturated rings. The zero-order valence-electron chi connectivity index (χ0n) is 11.0. The van der Waals surface area contributed by atoms with Crippen molar-refractivity contribution in [2.75, 3.05) is 0 Å². The highest BCUT2D eigenvalue weighted by Crippen LogP contribution is 2.24. The first-order valence-corrected chi connectivity index (χ1v) is 6.51.